The van der Waals surface area contributed by atoms with Crippen molar-refractivity contribution in [2.24, 2.45) is 0 Å². The largest absolute Gasteiger partial charge is 0.507 e. The summed E-state index contributed by atoms with van der Waals surface area (Å²) in [5.41, 5.74) is 2.43. The molecule has 0 atom stereocenters. The average Bonchev–Trinajstić information content (AvgIpc) is 2.98. The molecule has 4 rings (SSSR count). The molecule has 0 amide bonds. The van der Waals surface area contributed by atoms with E-state index in [4.69, 9.17) is 11.6 Å². The van der Waals surface area contributed by atoms with E-state index in [1.54, 1.807) is 36.4 Å². The first-order chi connectivity index (χ1) is 13.0. The van der Waals surface area contributed by atoms with Gasteiger partial charge in [-0.3, -0.25) is 4.79 Å². The zero-order chi connectivity index (χ0) is 19.1. The molecular weight excluding hydrogens is 382 g/mol. The molecule has 3 N–H and O–H groups in total. The molecule has 6 heteroatoms. The van der Waals surface area contributed by atoms with Gasteiger partial charge in [0.25, 0.3) is 5.56 Å². The number of nitrogens with one attached hydrogen (secondary N) is 1. The fraction of sp³-hybridized carbons (Fsp3) is 0.0952. The number of phenols is 1. The predicted octanol–water partition coefficient (Wildman–Crippen LogP) is 5.55. The van der Waals surface area contributed by atoms with Gasteiger partial charge in [-0.15, -0.1) is 11.3 Å². The van der Waals surface area contributed by atoms with Crippen molar-refractivity contribution in [2.45, 2.75) is 13.3 Å². The molecule has 0 spiro atoms. The molecule has 0 saturated carbocycles. The number of H-pyrrole nitrogens is 1. The minimum atomic E-state index is -0.388. The first-order valence-corrected chi connectivity index (χ1v) is 9.65. The SMILES string of the molecule is CCc1ccc(-c2c(Cl)sc3[nH]c(=O)c(-c4ccccc4)c(O)c23)c(O)c1. The van der Waals surface area contributed by atoms with Crippen LogP contribution in [0.5, 0.6) is 11.5 Å². The lowest BCUT2D eigenvalue weighted by Crippen LogP contribution is -2.08. The Kier molecular flexibility index (Phi) is 4.42. The number of benzene rings is 2. The van der Waals surface area contributed by atoms with E-state index >= 15 is 0 Å². The number of phenolic OH excluding ortho intramolecular Hbond substituents is 1. The Labute approximate surface area is 164 Å². The van der Waals surface area contributed by atoms with Gasteiger partial charge in [-0.25, -0.2) is 0 Å². The quantitative estimate of drug-likeness (QED) is 0.424. The molecule has 0 saturated heterocycles. The molecule has 0 radical (unpaired) electrons. The van der Waals surface area contributed by atoms with Crippen LogP contribution in [-0.2, 0) is 6.42 Å². The van der Waals surface area contributed by atoms with Crippen LogP contribution in [0, 0.1) is 0 Å². The van der Waals surface area contributed by atoms with Crippen LogP contribution in [0.2, 0.25) is 4.34 Å². The van der Waals surface area contributed by atoms with Crippen LogP contribution in [0.1, 0.15) is 12.5 Å². The smallest absolute Gasteiger partial charge is 0.260 e. The molecule has 27 heavy (non-hydrogen) atoms. The number of aromatic nitrogens is 1. The summed E-state index contributed by atoms with van der Waals surface area (Å²) < 4.78 is 0.390. The maximum atomic E-state index is 12.6. The summed E-state index contributed by atoms with van der Waals surface area (Å²) in [6.07, 6.45) is 0.794. The minimum absolute atomic E-state index is 0.0859. The van der Waals surface area contributed by atoms with E-state index in [2.05, 4.69) is 4.98 Å². The van der Waals surface area contributed by atoms with Crippen LogP contribution in [0.3, 0.4) is 0 Å². The fourth-order valence-electron chi connectivity index (χ4n) is 3.24. The van der Waals surface area contributed by atoms with E-state index in [-0.39, 0.29) is 22.6 Å². The summed E-state index contributed by atoms with van der Waals surface area (Å²) in [6.45, 7) is 2.00. The molecule has 2 heterocycles. The van der Waals surface area contributed by atoms with Gasteiger partial charge >= 0.3 is 0 Å². The zero-order valence-corrected chi connectivity index (χ0v) is 16.0. The number of aromatic amines is 1. The number of rotatable bonds is 3. The lowest BCUT2D eigenvalue weighted by atomic mass is 9.99. The van der Waals surface area contributed by atoms with Gasteiger partial charge in [-0.1, -0.05) is 61.0 Å². The highest BCUT2D eigenvalue weighted by atomic mass is 35.5. The van der Waals surface area contributed by atoms with Crippen molar-refractivity contribution < 1.29 is 10.2 Å². The number of thiophene rings is 1. The van der Waals surface area contributed by atoms with Gasteiger partial charge < -0.3 is 15.2 Å². The van der Waals surface area contributed by atoms with Gasteiger partial charge in [0.05, 0.1) is 10.9 Å². The number of hydrogen-bond donors (Lipinski definition) is 3. The first-order valence-electron chi connectivity index (χ1n) is 8.46. The lowest BCUT2D eigenvalue weighted by molar-refractivity contribution is 0.476. The highest BCUT2D eigenvalue weighted by Crippen LogP contribution is 2.48. The Morgan fingerprint density at radius 1 is 1.07 bits per heavy atom. The third-order valence-electron chi connectivity index (χ3n) is 4.60. The van der Waals surface area contributed by atoms with Gasteiger partial charge in [0, 0.05) is 11.1 Å². The molecule has 2 aromatic heterocycles. The number of halogens is 1. The molecule has 0 aliphatic carbocycles. The highest BCUT2D eigenvalue weighted by Gasteiger charge is 2.23. The van der Waals surface area contributed by atoms with Gasteiger partial charge in [0.1, 0.15) is 20.7 Å². The number of fused-ring (bicyclic) bond motifs is 1. The van der Waals surface area contributed by atoms with Crippen LogP contribution in [0.15, 0.2) is 53.3 Å². The Hall–Kier alpha value is -2.76. The van der Waals surface area contributed by atoms with Crippen LogP contribution >= 0.6 is 22.9 Å². The van der Waals surface area contributed by atoms with E-state index in [0.717, 1.165) is 23.3 Å². The third-order valence-corrected chi connectivity index (χ3v) is 5.91. The summed E-state index contributed by atoms with van der Waals surface area (Å²) in [7, 11) is 0. The molecule has 0 fully saturated rings. The molecule has 0 bridgehead atoms. The normalized spacial score (nSPS) is 11.2. The zero-order valence-electron chi connectivity index (χ0n) is 14.4. The van der Waals surface area contributed by atoms with Crippen LogP contribution < -0.4 is 5.56 Å². The van der Waals surface area contributed by atoms with Gasteiger partial charge in [0.15, 0.2) is 0 Å². The lowest BCUT2D eigenvalue weighted by Gasteiger charge is -2.09. The summed E-state index contributed by atoms with van der Waals surface area (Å²) in [6, 6.07) is 14.4. The predicted molar refractivity (Wildman–Crippen MR) is 111 cm³/mol. The monoisotopic (exact) mass is 397 g/mol. The molecule has 136 valence electrons. The number of aryl methyl sites for hydroxylation is 1. The summed E-state index contributed by atoms with van der Waals surface area (Å²) in [4.78, 5) is 15.8. The standard InChI is InChI=1S/C21H16ClNO3S/c1-2-11-8-9-13(14(24)10-11)16-17-18(25)15(12-6-4-3-5-7-12)20(26)23-21(17)27-19(16)22/h3-10,24H,2H2,1H3,(H2,23,25,26). The fourth-order valence-corrected chi connectivity index (χ4v) is 4.60. The Morgan fingerprint density at radius 2 is 1.81 bits per heavy atom. The Bertz CT molecular complexity index is 1210. The number of hydrogen-bond acceptors (Lipinski definition) is 4. The van der Waals surface area contributed by atoms with Crippen LogP contribution in [0.4, 0.5) is 0 Å². The topological polar surface area (TPSA) is 73.3 Å². The van der Waals surface area contributed by atoms with Gasteiger partial charge in [-0.2, -0.15) is 0 Å². The number of aromatic hydroxyl groups is 2. The van der Waals surface area contributed by atoms with E-state index in [0.29, 0.717) is 31.2 Å². The highest BCUT2D eigenvalue weighted by molar-refractivity contribution is 7.23. The van der Waals surface area contributed by atoms with Crippen molar-refractivity contribution in [3.8, 4) is 33.8 Å². The second-order valence-corrected chi connectivity index (χ2v) is 7.83. The van der Waals surface area contributed by atoms with Gasteiger partial charge in [0.2, 0.25) is 0 Å². The summed E-state index contributed by atoms with van der Waals surface area (Å²) in [5.74, 6) is -0.0557. The van der Waals surface area contributed by atoms with Crippen molar-refractivity contribution >= 4 is 33.2 Å². The number of pyridine rings is 1. The summed E-state index contributed by atoms with van der Waals surface area (Å²) in [5, 5.41) is 21.9. The first kappa shape index (κ1) is 17.6. The maximum Gasteiger partial charge on any atom is 0.260 e. The van der Waals surface area contributed by atoms with Crippen molar-refractivity contribution in [1.29, 1.82) is 0 Å². The molecule has 4 nitrogen and oxygen atoms in total. The van der Waals surface area contributed by atoms with E-state index in [1.807, 2.05) is 19.1 Å². The average molecular weight is 398 g/mol. The van der Waals surface area contributed by atoms with E-state index in [1.165, 1.54) is 0 Å². The molecule has 0 unspecified atom stereocenters. The molecule has 2 aromatic carbocycles. The second kappa shape index (κ2) is 6.76. The van der Waals surface area contributed by atoms with E-state index < -0.39 is 0 Å². The molecular formula is C21H16ClNO3S. The van der Waals surface area contributed by atoms with Crippen LogP contribution in [0.25, 0.3) is 32.5 Å². The van der Waals surface area contributed by atoms with Gasteiger partial charge in [-0.05, 0) is 23.6 Å². The van der Waals surface area contributed by atoms with Crippen molar-refractivity contribution in [3.05, 3.63) is 68.8 Å². The third kappa shape index (κ3) is 2.89. The van der Waals surface area contributed by atoms with Crippen molar-refractivity contribution in [2.75, 3.05) is 0 Å². The Morgan fingerprint density at radius 3 is 2.48 bits per heavy atom. The molecule has 0 aliphatic rings. The maximum absolute atomic E-state index is 12.6. The minimum Gasteiger partial charge on any atom is -0.507 e. The Balaban J connectivity index is 2.06. The summed E-state index contributed by atoms with van der Waals surface area (Å²) >= 11 is 7.61. The van der Waals surface area contributed by atoms with Crippen LogP contribution in [-0.4, -0.2) is 15.2 Å². The second-order valence-electron chi connectivity index (χ2n) is 6.20. The molecule has 0 aliphatic heterocycles. The van der Waals surface area contributed by atoms with Crippen molar-refractivity contribution in [1.82, 2.24) is 4.98 Å². The van der Waals surface area contributed by atoms with E-state index in [9.17, 15) is 15.0 Å². The van der Waals surface area contributed by atoms with Crippen molar-refractivity contribution in [3.63, 3.8) is 0 Å². The molecule has 4 aromatic rings.